The summed E-state index contributed by atoms with van der Waals surface area (Å²) in [7, 11) is 0. The van der Waals surface area contributed by atoms with Gasteiger partial charge >= 0.3 is 0 Å². The van der Waals surface area contributed by atoms with E-state index in [1.165, 1.54) is 6.08 Å². The third kappa shape index (κ3) is 4.13. The molecular formula is C19H20N2O3. The number of nitrogens with zero attached hydrogens (tertiary/aromatic N) is 1. The van der Waals surface area contributed by atoms with Crippen LogP contribution in [0.4, 0.5) is 0 Å². The molecular weight excluding hydrogens is 304 g/mol. The average Bonchev–Trinajstić information content (AvgIpc) is 3.29. The maximum Gasteiger partial charge on any atom is 0.244 e. The number of furan rings is 1. The van der Waals surface area contributed by atoms with Crippen LogP contribution in [0, 0.1) is 0 Å². The van der Waals surface area contributed by atoms with Crippen LogP contribution in [0.3, 0.4) is 0 Å². The third-order valence-corrected chi connectivity index (χ3v) is 4.13. The number of hydrogen-bond acceptors (Lipinski definition) is 3. The van der Waals surface area contributed by atoms with E-state index in [-0.39, 0.29) is 24.3 Å². The van der Waals surface area contributed by atoms with Crippen LogP contribution < -0.4 is 5.32 Å². The molecule has 0 radical (unpaired) electrons. The van der Waals surface area contributed by atoms with Crippen molar-refractivity contribution in [3.8, 4) is 0 Å². The van der Waals surface area contributed by atoms with E-state index in [0.717, 1.165) is 17.7 Å². The molecule has 24 heavy (non-hydrogen) atoms. The highest BCUT2D eigenvalue weighted by atomic mass is 16.3. The molecule has 1 aromatic heterocycles. The standard InChI is InChI=1S/C19H20N2O3/c22-18(9-8-15-5-2-1-3-6-15)20-13-19(23)21-11-10-16(14-21)17-7-4-12-24-17/h1-9,12,16H,10-11,13-14H2,(H,20,22)/b9-8+. The molecule has 1 aliphatic heterocycles. The predicted molar refractivity (Wildman–Crippen MR) is 91.1 cm³/mol. The second kappa shape index (κ2) is 7.64. The zero-order chi connectivity index (χ0) is 16.8. The summed E-state index contributed by atoms with van der Waals surface area (Å²) in [5.41, 5.74) is 0.944. The molecule has 5 heteroatoms. The normalized spacial score (nSPS) is 17.3. The quantitative estimate of drug-likeness (QED) is 0.859. The third-order valence-electron chi connectivity index (χ3n) is 4.13. The van der Waals surface area contributed by atoms with Crippen molar-refractivity contribution < 1.29 is 14.0 Å². The second-order valence-corrected chi connectivity index (χ2v) is 5.80. The molecule has 2 aromatic rings. The SMILES string of the molecule is O=C(/C=C/c1ccccc1)NCC(=O)N1CCC(c2ccco2)C1. The van der Waals surface area contributed by atoms with Gasteiger partial charge < -0.3 is 14.6 Å². The number of carbonyl (C=O) groups is 2. The zero-order valence-corrected chi connectivity index (χ0v) is 13.4. The van der Waals surface area contributed by atoms with Crippen LogP contribution in [-0.4, -0.2) is 36.3 Å². The van der Waals surface area contributed by atoms with Gasteiger partial charge in [-0.1, -0.05) is 30.3 Å². The van der Waals surface area contributed by atoms with Crippen molar-refractivity contribution in [3.05, 3.63) is 66.1 Å². The molecule has 1 saturated heterocycles. The van der Waals surface area contributed by atoms with E-state index < -0.39 is 0 Å². The molecule has 2 heterocycles. The first kappa shape index (κ1) is 16.1. The van der Waals surface area contributed by atoms with E-state index in [1.807, 2.05) is 42.5 Å². The molecule has 0 aliphatic carbocycles. The Morgan fingerprint density at radius 1 is 1.21 bits per heavy atom. The highest BCUT2D eigenvalue weighted by molar-refractivity contribution is 5.94. The summed E-state index contributed by atoms with van der Waals surface area (Å²) >= 11 is 0. The molecule has 2 amide bonds. The number of hydrogen-bond donors (Lipinski definition) is 1. The van der Waals surface area contributed by atoms with Crippen molar-refractivity contribution in [1.82, 2.24) is 10.2 Å². The largest absolute Gasteiger partial charge is 0.469 e. The molecule has 1 atom stereocenters. The van der Waals surface area contributed by atoms with Crippen LogP contribution in [0.2, 0.25) is 0 Å². The number of amides is 2. The van der Waals surface area contributed by atoms with Crippen LogP contribution in [0.1, 0.15) is 23.7 Å². The Morgan fingerprint density at radius 2 is 2.04 bits per heavy atom. The molecule has 5 nitrogen and oxygen atoms in total. The van der Waals surface area contributed by atoms with Crippen LogP contribution in [0.5, 0.6) is 0 Å². The van der Waals surface area contributed by atoms with E-state index in [2.05, 4.69) is 5.32 Å². The fraction of sp³-hybridized carbons (Fsp3) is 0.263. The van der Waals surface area contributed by atoms with Crippen LogP contribution in [0.15, 0.2) is 59.2 Å². The minimum absolute atomic E-state index is 0.0167. The summed E-state index contributed by atoms with van der Waals surface area (Å²) < 4.78 is 5.40. The number of carbonyl (C=O) groups excluding carboxylic acids is 2. The average molecular weight is 324 g/mol. The Bertz CT molecular complexity index is 707. The van der Waals surface area contributed by atoms with Gasteiger partial charge in [-0.15, -0.1) is 0 Å². The number of rotatable bonds is 5. The van der Waals surface area contributed by atoms with Gasteiger partial charge in [0.25, 0.3) is 0 Å². The molecule has 1 aliphatic rings. The summed E-state index contributed by atoms with van der Waals surface area (Å²) in [5, 5.41) is 2.64. The first-order valence-electron chi connectivity index (χ1n) is 8.04. The van der Waals surface area contributed by atoms with Gasteiger partial charge in [-0.2, -0.15) is 0 Å². The molecule has 1 fully saturated rings. The van der Waals surface area contributed by atoms with Crippen molar-refractivity contribution in [2.45, 2.75) is 12.3 Å². The summed E-state index contributed by atoms with van der Waals surface area (Å²) in [5.74, 6) is 0.831. The van der Waals surface area contributed by atoms with Crippen LogP contribution in [-0.2, 0) is 9.59 Å². The Labute approximate surface area is 141 Å². The van der Waals surface area contributed by atoms with Crippen LogP contribution >= 0.6 is 0 Å². The molecule has 0 spiro atoms. The van der Waals surface area contributed by atoms with Crippen LogP contribution in [0.25, 0.3) is 6.08 Å². The Kier molecular flexibility index (Phi) is 5.11. The Morgan fingerprint density at radius 3 is 2.79 bits per heavy atom. The van der Waals surface area contributed by atoms with Gasteiger partial charge in [0, 0.05) is 25.1 Å². The number of benzene rings is 1. The highest BCUT2D eigenvalue weighted by Crippen LogP contribution is 2.27. The van der Waals surface area contributed by atoms with E-state index in [1.54, 1.807) is 17.2 Å². The molecule has 0 bridgehead atoms. The fourth-order valence-electron chi connectivity index (χ4n) is 2.81. The van der Waals surface area contributed by atoms with E-state index in [9.17, 15) is 9.59 Å². The monoisotopic (exact) mass is 324 g/mol. The molecule has 124 valence electrons. The minimum Gasteiger partial charge on any atom is -0.469 e. The maximum atomic E-state index is 12.2. The molecule has 1 aromatic carbocycles. The van der Waals surface area contributed by atoms with E-state index in [4.69, 9.17) is 4.42 Å². The molecule has 0 saturated carbocycles. The first-order chi connectivity index (χ1) is 11.7. The molecule has 1 N–H and O–H groups in total. The van der Waals surface area contributed by atoms with Gasteiger partial charge in [0.2, 0.25) is 11.8 Å². The van der Waals surface area contributed by atoms with Gasteiger partial charge in [0.1, 0.15) is 5.76 Å². The lowest BCUT2D eigenvalue weighted by molar-refractivity contribution is -0.131. The molecule has 1 unspecified atom stereocenters. The van der Waals surface area contributed by atoms with Crippen molar-refractivity contribution >= 4 is 17.9 Å². The lowest BCUT2D eigenvalue weighted by atomic mass is 10.1. The van der Waals surface area contributed by atoms with Gasteiger partial charge in [-0.3, -0.25) is 9.59 Å². The highest BCUT2D eigenvalue weighted by Gasteiger charge is 2.28. The zero-order valence-electron chi connectivity index (χ0n) is 13.4. The summed E-state index contributed by atoms with van der Waals surface area (Å²) in [4.78, 5) is 25.8. The topological polar surface area (TPSA) is 62.6 Å². The summed E-state index contributed by atoms with van der Waals surface area (Å²) in [6, 6.07) is 13.4. The Hall–Kier alpha value is -2.82. The van der Waals surface area contributed by atoms with Crippen molar-refractivity contribution in [1.29, 1.82) is 0 Å². The number of likely N-dealkylation sites (tertiary alicyclic amines) is 1. The Balaban J connectivity index is 1.44. The fourth-order valence-corrected chi connectivity index (χ4v) is 2.81. The van der Waals surface area contributed by atoms with Crippen molar-refractivity contribution in [2.75, 3.05) is 19.6 Å². The van der Waals surface area contributed by atoms with Gasteiger partial charge in [0.05, 0.1) is 12.8 Å². The molecule has 3 rings (SSSR count). The van der Waals surface area contributed by atoms with Gasteiger partial charge in [-0.25, -0.2) is 0 Å². The van der Waals surface area contributed by atoms with E-state index in [0.29, 0.717) is 13.1 Å². The smallest absolute Gasteiger partial charge is 0.244 e. The summed E-state index contributed by atoms with van der Waals surface area (Å²) in [6.07, 6.45) is 5.71. The predicted octanol–water partition coefficient (Wildman–Crippen LogP) is 2.43. The van der Waals surface area contributed by atoms with Crippen molar-refractivity contribution in [2.24, 2.45) is 0 Å². The van der Waals surface area contributed by atoms with Crippen molar-refractivity contribution in [3.63, 3.8) is 0 Å². The van der Waals surface area contributed by atoms with E-state index >= 15 is 0 Å². The lowest BCUT2D eigenvalue weighted by Crippen LogP contribution is -2.38. The number of nitrogens with one attached hydrogen (secondary N) is 1. The lowest BCUT2D eigenvalue weighted by Gasteiger charge is -2.16. The maximum absolute atomic E-state index is 12.2. The first-order valence-corrected chi connectivity index (χ1v) is 8.04. The van der Waals surface area contributed by atoms with Gasteiger partial charge in [0.15, 0.2) is 0 Å². The summed E-state index contributed by atoms with van der Waals surface area (Å²) in [6.45, 7) is 1.35. The van der Waals surface area contributed by atoms with Gasteiger partial charge in [-0.05, 0) is 30.2 Å². The minimum atomic E-state index is -0.269. The second-order valence-electron chi connectivity index (χ2n) is 5.80.